The zero-order chi connectivity index (χ0) is 8.85. The Morgan fingerprint density at radius 3 is 1.82 bits per heavy atom. The summed E-state index contributed by atoms with van der Waals surface area (Å²) < 4.78 is 47.6. The van der Waals surface area contributed by atoms with Crippen molar-refractivity contribution in [2.45, 2.75) is 38.0 Å². The van der Waals surface area contributed by atoms with E-state index in [1.165, 1.54) is 0 Å². The number of rotatable bonds is 5. The lowest BCUT2D eigenvalue weighted by atomic mass is 10.1. The minimum absolute atomic E-state index is 0.0658. The molecule has 2 atom stereocenters. The Hall–Kier alpha value is -0.280. The van der Waals surface area contributed by atoms with Crippen molar-refractivity contribution in [3.05, 3.63) is 6.92 Å². The fourth-order valence-corrected chi connectivity index (χ4v) is 0.685. The quantitative estimate of drug-likeness (QED) is 0.558. The van der Waals surface area contributed by atoms with E-state index in [2.05, 4.69) is 6.92 Å². The highest BCUT2D eigenvalue weighted by atomic mass is 19.3. The van der Waals surface area contributed by atoms with Crippen LogP contribution in [0.5, 0.6) is 0 Å². The summed E-state index contributed by atoms with van der Waals surface area (Å²) in [5.41, 5.74) is 0. The normalized spacial score (nSPS) is 16.9. The molecule has 0 saturated carbocycles. The highest BCUT2D eigenvalue weighted by Gasteiger charge is 2.17. The van der Waals surface area contributed by atoms with Crippen molar-refractivity contribution >= 4 is 0 Å². The summed E-state index contributed by atoms with van der Waals surface area (Å²) in [6.07, 6.45) is -7.24. The average Bonchev–Trinajstić information content (AvgIpc) is 1.85. The fourth-order valence-electron chi connectivity index (χ4n) is 0.685. The molecule has 0 bridgehead atoms. The zero-order valence-corrected chi connectivity index (χ0v) is 6.07. The van der Waals surface area contributed by atoms with Gasteiger partial charge in [0.2, 0.25) is 6.43 Å². The van der Waals surface area contributed by atoms with Crippen molar-refractivity contribution < 1.29 is 17.6 Å². The molecule has 0 aromatic heterocycles. The van der Waals surface area contributed by atoms with Gasteiger partial charge in [-0.25, -0.2) is 17.6 Å². The van der Waals surface area contributed by atoms with Crippen LogP contribution in [-0.4, -0.2) is 18.8 Å². The molecule has 0 nitrogen and oxygen atoms in total. The molecule has 0 heterocycles. The zero-order valence-electron chi connectivity index (χ0n) is 6.07. The van der Waals surface area contributed by atoms with Crippen LogP contribution in [0.1, 0.15) is 19.3 Å². The first-order valence-electron chi connectivity index (χ1n) is 3.41. The lowest BCUT2D eigenvalue weighted by molar-refractivity contribution is 0.0873. The Morgan fingerprint density at radius 2 is 1.45 bits per heavy atom. The third-order valence-corrected chi connectivity index (χ3v) is 1.26. The Labute approximate surface area is 63.6 Å². The molecule has 0 saturated heterocycles. The van der Waals surface area contributed by atoms with E-state index in [0.29, 0.717) is 0 Å². The van der Waals surface area contributed by atoms with E-state index in [9.17, 15) is 17.6 Å². The molecule has 1 radical (unpaired) electrons. The molecule has 0 aliphatic rings. The third kappa shape index (κ3) is 6.13. The molecule has 0 aliphatic carbocycles. The van der Waals surface area contributed by atoms with Crippen LogP contribution < -0.4 is 0 Å². The average molecular weight is 171 g/mol. The van der Waals surface area contributed by atoms with Gasteiger partial charge < -0.3 is 0 Å². The van der Waals surface area contributed by atoms with Gasteiger partial charge in [0.05, 0.1) is 0 Å². The molecule has 67 valence electrons. The molecule has 0 aromatic carbocycles. The van der Waals surface area contributed by atoms with Gasteiger partial charge in [-0.15, -0.1) is 0 Å². The second-order valence-corrected chi connectivity index (χ2v) is 2.35. The van der Waals surface area contributed by atoms with Crippen LogP contribution >= 0.6 is 0 Å². The van der Waals surface area contributed by atoms with Crippen molar-refractivity contribution in [2.24, 2.45) is 0 Å². The highest BCUT2D eigenvalue weighted by molar-refractivity contribution is 4.65. The van der Waals surface area contributed by atoms with Crippen LogP contribution in [-0.2, 0) is 0 Å². The van der Waals surface area contributed by atoms with Crippen molar-refractivity contribution in [2.75, 3.05) is 0 Å². The second kappa shape index (κ2) is 5.38. The number of hydrogen-bond donors (Lipinski definition) is 0. The maximum atomic E-state index is 12.3. The van der Waals surface area contributed by atoms with Crippen molar-refractivity contribution in [1.29, 1.82) is 0 Å². The van der Waals surface area contributed by atoms with Gasteiger partial charge in [-0.2, -0.15) is 0 Å². The van der Waals surface area contributed by atoms with Gasteiger partial charge in [0.25, 0.3) is 0 Å². The number of halogens is 4. The maximum Gasteiger partial charge on any atom is 0.241 e. The number of alkyl halides is 4. The molecule has 1 unspecified atom stereocenters. The molecule has 0 amide bonds. The third-order valence-electron chi connectivity index (χ3n) is 1.26. The molecule has 0 rings (SSSR count). The second-order valence-electron chi connectivity index (χ2n) is 2.35. The Balaban J connectivity index is 3.43. The van der Waals surface area contributed by atoms with E-state index in [0.717, 1.165) is 0 Å². The molecule has 0 fully saturated rings. The summed E-state index contributed by atoms with van der Waals surface area (Å²) in [4.78, 5) is 0. The first-order chi connectivity index (χ1) is 5.06. The Bertz CT molecular complexity index is 94.4. The minimum Gasteiger partial charge on any atom is -0.247 e. The predicted octanol–water partition coefficient (Wildman–Crippen LogP) is 2.93. The van der Waals surface area contributed by atoms with Gasteiger partial charge in [-0.1, -0.05) is 6.92 Å². The van der Waals surface area contributed by atoms with Gasteiger partial charge >= 0.3 is 0 Å². The van der Waals surface area contributed by atoms with E-state index in [4.69, 9.17) is 0 Å². The standard InChI is InChI=1S/C7H11F4/c1-2-5(8)3-6(9)4-7(10)11/h5-7H,1-4H2/t5?,6-/m0/s1. The topological polar surface area (TPSA) is 0 Å². The van der Waals surface area contributed by atoms with E-state index < -0.39 is 31.6 Å². The van der Waals surface area contributed by atoms with E-state index in [1.807, 2.05) is 0 Å². The van der Waals surface area contributed by atoms with Crippen molar-refractivity contribution in [1.82, 2.24) is 0 Å². The maximum absolute atomic E-state index is 12.3. The van der Waals surface area contributed by atoms with E-state index in [-0.39, 0.29) is 6.42 Å². The van der Waals surface area contributed by atoms with Gasteiger partial charge in [0.15, 0.2) is 0 Å². The first-order valence-corrected chi connectivity index (χ1v) is 3.41. The predicted molar refractivity (Wildman–Crippen MR) is 35.0 cm³/mol. The molecular formula is C7H11F4. The molecular weight excluding hydrogens is 160 g/mol. The molecule has 0 aromatic rings. The molecule has 0 aliphatic heterocycles. The largest absolute Gasteiger partial charge is 0.247 e. The van der Waals surface area contributed by atoms with Crippen LogP contribution in [0.15, 0.2) is 0 Å². The van der Waals surface area contributed by atoms with E-state index in [1.54, 1.807) is 0 Å². The molecule has 4 heteroatoms. The summed E-state index contributed by atoms with van der Waals surface area (Å²) in [5.74, 6) is 0. The van der Waals surface area contributed by atoms with E-state index >= 15 is 0 Å². The van der Waals surface area contributed by atoms with Gasteiger partial charge in [-0.05, 0) is 6.42 Å². The van der Waals surface area contributed by atoms with Crippen LogP contribution in [0.2, 0.25) is 0 Å². The van der Waals surface area contributed by atoms with Gasteiger partial charge in [0, 0.05) is 12.8 Å². The lowest BCUT2D eigenvalue weighted by Crippen LogP contribution is -2.12. The van der Waals surface area contributed by atoms with Crippen LogP contribution in [0, 0.1) is 6.92 Å². The molecule has 0 spiro atoms. The summed E-state index contributed by atoms with van der Waals surface area (Å²) in [7, 11) is 0. The summed E-state index contributed by atoms with van der Waals surface area (Å²) in [5, 5.41) is 0. The summed E-state index contributed by atoms with van der Waals surface area (Å²) in [6, 6.07) is 0. The van der Waals surface area contributed by atoms with Gasteiger partial charge in [-0.3, -0.25) is 0 Å². The SMILES string of the molecule is [CH2]CC(F)C[C@H](F)CC(F)F. The highest BCUT2D eigenvalue weighted by Crippen LogP contribution is 2.15. The van der Waals surface area contributed by atoms with Crippen molar-refractivity contribution in [3.8, 4) is 0 Å². The van der Waals surface area contributed by atoms with Gasteiger partial charge in [0.1, 0.15) is 12.3 Å². The fraction of sp³-hybridized carbons (Fsp3) is 0.857. The lowest BCUT2D eigenvalue weighted by Gasteiger charge is -2.09. The monoisotopic (exact) mass is 171 g/mol. The van der Waals surface area contributed by atoms with Crippen LogP contribution in [0.4, 0.5) is 17.6 Å². The smallest absolute Gasteiger partial charge is 0.241 e. The van der Waals surface area contributed by atoms with Crippen LogP contribution in [0.25, 0.3) is 0 Å². The summed E-state index contributed by atoms with van der Waals surface area (Å²) >= 11 is 0. The Kier molecular flexibility index (Phi) is 5.24. The van der Waals surface area contributed by atoms with Crippen molar-refractivity contribution in [3.63, 3.8) is 0 Å². The number of hydrogen-bond acceptors (Lipinski definition) is 0. The molecule has 11 heavy (non-hydrogen) atoms. The minimum atomic E-state index is -2.69. The first kappa shape index (κ1) is 10.7. The Morgan fingerprint density at radius 1 is 0.909 bits per heavy atom. The summed E-state index contributed by atoms with van der Waals surface area (Å²) in [6.45, 7) is 3.19. The molecule has 0 N–H and O–H groups in total. The van der Waals surface area contributed by atoms with Crippen LogP contribution in [0.3, 0.4) is 0 Å².